The van der Waals surface area contributed by atoms with Crippen molar-refractivity contribution in [2.24, 2.45) is 0 Å². The van der Waals surface area contributed by atoms with E-state index in [1.807, 2.05) is 12.3 Å². The van der Waals surface area contributed by atoms with Crippen LogP contribution < -0.4 is 10.6 Å². The van der Waals surface area contributed by atoms with Crippen molar-refractivity contribution in [3.05, 3.63) is 22.4 Å². The number of nitrogens with zero attached hydrogens (tertiary/aromatic N) is 1. The quantitative estimate of drug-likeness (QED) is 0.896. The van der Waals surface area contributed by atoms with Crippen LogP contribution in [0.4, 0.5) is 0 Å². The standard InChI is InChI=1S/C14H20BrN3O/c1-9-6-11(4-5-16-9)17-14(19)13-7-10(15)8-18(13)12-2-3-12/h7-9,11-12,16H,2-6H2,1H3,(H,17,19). The molecule has 2 N–H and O–H groups in total. The van der Waals surface area contributed by atoms with Gasteiger partial charge in [0, 0.05) is 28.8 Å². The van der Waals surface area contributed by atoms with Crippen LogP contribution in [0.2, 0.25) is 0 Å². The average molecular weight is 326 g/mol. The zero-order valence-electron chi connectivity index (χ0n) is 11.2. The van der Waals surface area contributed by atoms with Crippen LogP contribution in [0, 0.1) is 0 Å². The molecule has 1 aliphatic heterocycles. The van der Waals surface area contributed by atoms with Crippen LogP contribution in [0.5, 0.6) is 0 Å². The van der Waals surface area contributed by atoms with E-state index in [0.717, 1.165) is 29.6 Å². The molecule has 3 rings (SSSR count). The predicted octanol–water partition coefficient (Wildman–Crippen LogP) is 2.46. The normalized spacial score (nSPS) is 27.3. The number of aromatic nitrogens is 1. The van der Waals surface area contributed by atoms with Gasteiger partial charge in [0.25, 0.3) is 5.91 Å². The maximum atomic E-state index is 12.4. The van der Waals surface area contributed by atoms with Gasteiger partial charge in [-0.15, -0.1) is 0 Å². The van der Waals surface area contributed by atoms with Crippen LogP contribution in [-0.2, 0) is 0 Å². The van der Waals surface area contributed by atoms with Crippen molar-refractivity contribution in [3.63, 3.8) is 0 Å². The summed E-state index contributed by atoms with van der Waals surface area (Å²) in [5, 5.41) is 6.59. The molecule has 1 saturated heterocycles. The molecule has 4 nitrogen and oxygen atoms in total. The van der Waals surface area contributed by atoms with Crippen molar-refractivity contribution in [2.75, 3.05) is 6.54 Å². The summed E-state index contributed by atoms with van der Waals surface area (Å²) in [5.74, 6) is 0.0664. The number of amides is 1. The molecule has 5 heteroatoms. The molecular formula is C14H20BrN3O. The topological polar surface area (TPSA) is 46.1 Å². The molecule has 1 aliphatic carbocycles. The van der Waals surface area contributed by atoms with Crippen LogP contribution in [0.3, 0.4) is 0 Å². The van der Waals surface area contributed by atoms with E-state index >= 15 is 0 Å². The third-order valence-corrected chi connectivity index (χ3v) is 4.38. The van der Waals surface area contributed by atoms with Gasteiger partial charge in [0.15, 0.2) is 0 Å². The molecule has 1 aromatic rings. The maximum absolute atomic E-state index is 12.4. The largest absolute Gasteiger partial charge is 0.348 e. The van der Waals surface area contributed by atoms with Gasteiger partial charge in [0.1, 0.15) is 5.69 Å². The van der Waals surface area contributed by atoms with E-state index in [9.17, 15) is 4.79 Å². The fourth-order valence-corrected chi connectivity index (χ4v) is 3.24. The first-order valence-electron chi connectivity index (χ1n) is 7.05. The second-order valence-electron chi connectivity index (χ2n) is 5.73. The fraction of sp³-hybridized carbons (Fsp3) is 0.643. The first-order chi connectivity index (χ1) is 9.13. The molecule has 2 heterocycles. The Morgan fingerprint density at radius 2 is 2.26 bits per heavy atom. The second kappa shape index (κ2) is 5.29. The second-order valence-corrected chi connectivity index (χ2v) is 6.65. The summed E-state index contributed by atoms with van der Waals surface area (Å²) in [4.78, 5) is 12.4. The van der Waals surface area contributed by atoms with Gasteiger partial charge in [0.2, 0.25) is 0 Å². The number of rotatable bonds is 3. The van der Waals surface area contributed by atoms with Crippen molar-refractivity contribution in [1.29, 1.82) is 0 Å². The molecule has 1 saturated carbocycles. The smallest absolute Gasteiger partial charge is 0.268 e. The number of carbonyl (C=O) groups excluding carboxylic acids is 1. The Bertz CT molecular complexity index is 481. The minimum atomic E-state index is 0.0664. The van der Waals surface area contributed by atoms with E-state index in [-0.39, 0.29) is 5.91 Å². The number of halogens is 1. The number of hydrogen-bond acceptors (Lipinski definition) is 2. The lowest BCUT2D eigenvalue weighted by molar-refractivity contribution is 0.0916. The molecule has 19 heavy (non-hydrogen) atoms. The monoisotopic (exact) mass is 325 g/mol. The zero-order valence-corrected chi connectivity index (χ0v) is 12.7. The lowest BCUT2D eigenvalue weighted by Gasteiger charge is -2.28. The first-order valence-corrected chi connectivity index (χ1v) is 7.84. The van der Waals surface area contributed by atoms with Crippen LogP contribution in [0.1, 0.15) is 49.1 Å². The maximum Gasteiger partial charge on any atom is 0.268 e. The van der Waals surface area contributed by atoms with E-state index in [0.29, 0.717) is 18.1 Å². The van der Waals surface area contributed by atoms with Gasteiger partial charge >= 0.3 is 0 Å². The molecule has 0 spiro atoms. The van der Waals surface area contributed by atoms with Crippen molar-refractivity contribution in [3.8, 4) is 0 Å². The molecule has 0 aromatic carbocycles. The first kappa shape index (κ1) is 13.2. The van der Waals surface area contributed by atoms with Gasteiger partial charge < -0.3 is 15.2 Å². The van der Waals surface area contributed by atoms with Crippen molar-refractivity contribution >= 4 is 21.8 Å². The molecular weight excluding hydrogens is 306 g/mol. The van der Waals surface area contributed by atoms with Crippen LogP contribution >= 0.6 is 15.9 Å². The van der Waals surface area contributed by atoms with Gasteiger partial charge in [0.05, 0.1) is 0 Å². The van der Waals surface area contributed by atoms with Crippen molar-refractivity contribution in [2.45, 2.75) is 50.7 Å². The van der Waals surface area contributed by atoms with Gasteiger partial charge in [-0.3, -0.25) is 4.79 Å². The molecule has 0 radical (unpaired) electrons. The highest BCUT2D eigenvalue weighted by Crippen LogP contribution is 2.37. The van der Waals surface area contributed by atoms with Gasteiger partial charge in [-0.2, -0.15) is 0 Å². The fourth-order valence-electron chi connectivity index (χ4n) is 2.80. The van der Waals surface area contributed by atoms with Crippen LogP contribution in [0.15, 0.2) is 16.7 Å². The highest BCUT2D eigenvalue weighted by atomic mass is 79.9. The van der Waals surface area contributed by atoms with E-state index in [1.54, 1.807) is 0 Å². The Hall–Kier alpha value is -0.810. The molecule has 2 aliphatic rings. The Kier molecular flexibility index (Phi) is 3.67. The lowest BCUT2D eigenvalue weighted by Crippen LogP contribution is -2.46. The Morgan fingerprint density at radius 3 is 2.95 bits per heavy atom. The molecule has 2 unspecified atom stereocenters. The number of nitrogens with one attached hydrogen (secondary N) is 2. The summed E-state index contributed by atoms with van der Waals surface area (Å²) in [7, 11) is 0. The van der Waals surface area contributed by atoms with Gasteiger partial charge in [-0.1, -0.05) is 0 Å². The Balaban J connectivity index is 1.69. The molecule has 2 fully saturated rings. The highest BCUT2D eigenvalue weighted by molar-refractivity contribution is 9.10. The number of hydrogen-bond donors (Lipinski definition) is 2. The van der Waals surface area contributed by atoms with Gasteiger partial charge in [-0.05, 0) is 61.1 Å². The SMILES string of the molecule is CC1CC(NC(=O)c2cc(Br)cn2C2CC2)CCN1. The predicted molar refractivity (Wildman–Crippen MR) is 78.4 cm³/mol. The van der Waals surface area contributed by atoms with Crippen molar-refractivity contribution in [1.82, 2.24) is 15.2 Å². The zero-order chi connectivity index (χ0) is 13.4. The molecule has 1 amide bonds. The van der Waals surface area contributed by atoms with Gasteiger partial charge in [-0.25, -0.2) is 0 Å². The lowest BCUT2D eigenvalue weighted by atomic mass is 10.0. The Labute approximate surface area is 122 Å². The Morgan fingerprint density at radius 1 is 1.47 bits per heavy atom. The van der Waals surface area contributed by atoms with Crippen LogP contribution in [-0.4, -0.2) is 29.1 Å². The average Bonchev–Trinajstić information content (AvgIpc) is 3.12. The van der Waals surface area contributed by atoms with E-state index in [1.165, 1.54) is 12.8 Å². The molecule has 104 valence electrons. The third kappa shape index (κ3) is 3.03. The highest BCUT2D eigenvalue weighted by Gasteiger charge is 2.29. The summed E-state index contributed by atoms with van der Waals surface area (Å²) in [5.41, 5.74) is 0.792. The van der Waals surface area contributed by atoms with Crippen molar-refractivity contribution < 1.29 is 4.79 Å². The summed E-state index contributed by atoms with van der Waals surface area (Å²) in [6.07, 6.45) is 6.42. The molecule has 2 atom stereocenters. The number of carbonyl (C=O) groups is 1. The van der Waals surface area contributed by atoms with Crippen LogP contribution in [0.25, 0.3) is 0 Å². The van der Waals surface area contributed by atoms with E-state index < -0.39 is 0 Å². The number of piperidine rings is 1. The minimum Gasteiger partial charge on any atom is -0.348 e. The summed E-state index contributed by atoms with van der Waals surface area (Å²) in [6.45, 7) is 3.15. The molecule has 0 bridgehead atoms. The summed E-state index contributed by atoms with van der Waals surface area (Å²) >= 11 is 3.47. The summed E-state index contributed by atoms with van der Waals surface area (Å²) < 4.78 is 3.10. The minimum absolute atomic E-state index is 0.0664. The van der Waals surface area contributed by atoms with E-state index in [4.69, 9.17) is 0 Å². The third-order valence-electron chi connectivity index (χ3n) is 3.95. The van der Waals surface area contributed by atoms with E-state index in [2.05, 4.69) is 38.1 Å². The molecule has 1 aromatic heterocycles. The summed E-state index contributed by atoms with van der Waals surface area (Å²) in [6, 6.07) is 3.24.